The van der Waals surface area contributed by atoms with Crippen molar-refractivity contribution in [3.8, 4) is 0 Å². The highest BCUT2D eigenvalue weighted by Crippen LogP contribution is 2.16. The Morgan fingerprint density at radius 3 is 2.62 bits per heavy atom. The summed E-state index contributed by atoms with van der Waals surface area (Å²) in [6.07, 6.45) is 2.91. The van der Waals surface area contributed by atoms with E-state index in [0.717, 1.165) is 29.1 Å². The van der Waals surface area contributed by atoms with Gasteiger partial charge in [0.25, 0.3) is 0 Å². The highest BCUT2D eigenvalue weighted by atomic mass is 19.1. The van der Waals surface area contributed by atoms with Crippen molar-refractivity contribution in [2.45, 2.75) is 13.8 Å². The van der Waals surface area contributed by atoms with Crippen LogP contribution >= 0.6 is 0 Å². The lowest BCUT2D eigenvalue weighted by Gasteiger charge is -2.03. The first-order valence-electron chi connectivity index (χ1n) is 6.33. The zero-order chi connectivity index (χ0) is 15.6. The largest absolute Gasteiger partial charge is 0.320 e. The number of aryl methyl sites for hydroxylation is 2. The standard InChI is InChI=1S/C15H15F2N3O/c1-9-12(10(2)20(3)19-9)5-7-15(21)18-14-6-4-11(16)8-13(14)17/h4-8H,1-3H3,(H,18,21). The van der Waals surface area contributed by atoms with Gasteiger partial charge >= 0.3 is 0 Å². The molecule has 0 aliphatic carbocycles. The Morgan fingerprint density at radius 1 is 1.33 bits per heavy atom. The van der Waals surface area contributed by atoms with Crippen LogP contribution in [-0.2, 0) is 11.8 Å². The number of hydrogen-bond acceptors (Lipinski definition) is 2. The Bertz CT molecular complexity index is 720. The molecule has 0 saturated carbocycles. The van der Waals surface area contributed by atoms with Crippen molar-refractivity contribution >= 4 is 17.7 Å². The Hall–Kier alpha value is -2.50. The number of carbonyl (C=O) groups excluding carboxylic acids is 1. The summed E-state index contributed by atoms with van der Waals surface area (Å²) in [5, 5.41) is 6.59. The van der Waals surface area contributed by atoms with Crippen LogP contribution in [-0.4, -0.2) is 15.7 Å². The van der Waals surface area contributed by atoms with Crippen LogP contribution < -0.4 is 5.32 Å². The molecule has 0 radical (unpaired) electrons. The van der Waals surface area contributed by atoms with Gasteiger partial charge in [-0.05, 0) is 32.1 Å². The topological polar surface area (TPSA) is 46.9 Å². The maximum Gasteiger partial charge on any atom is 0.248 e. The smallest absolute Gasteiger partial charge is 0.248 e. The second kappa shape index (κ2) is 5.87. The third-order valence-corrected chi connectivity index (χ3v) is 3.16. The van der Waals surface area contributed by atoms with E-state index in [-0.39, 0.29) is 5.69 Å². The Labute approximate surface area is 121 Å². The summed E-state index contributed by atoms with van der Waals surface area (Å²) < 4.78 is 27.9. The van der Waals surface area contributed by atoms with Crippen LogP contribution in [0.15, 0.2) is 24.3 Å². The minimum absolute atomic E-state index is 0.0642. The Kier molecular flexibility index (Phi) is 4.16. The highest BCUT2D eigenvalue weighted by molar-refractivity contribution is 6.02. The molecule has 0 bridgehead atoms. The fraction of sp³-hybridized carbons (Fsp3) is 0.200. The lowest BCUT2D eigenvalue weighted by atomic mass is 10.2. The number of anilines is 1. The zero-order valence-corrected chi connectivity index (χ0v) is 11.9. The second-order valence-corrected chi connectivity index (χ2v) is 4.65. The molecule has 0 saturated heterocycles. The van der Waals surface area contributed by atoms with Crippen molar-refractivity contribution < 1.29 is 13.6 Å². The van der Waals surface area contributed by atoms with E-state index in [4.69, 9.17) is 0 Å². The summed E-state index contributed by atoms with van der Waals surface area (Å²) in [5.74, 6) is -2.00. The fourth-order valence-corrected chi connectivity index (χ4v) is 1.96. The molecule has 0 spiro atoms. The number of aromatic nitrogens is 2. The minimum Gasteiger partial charge on any atom is -0.320 e. The van der Waals surface area contributed by atoms with Gasteiger partial charge in [-0.2, -0.15) is 5.10 Å². The predicted molar refractivity (Wildman–Crippen MR) is 76.7 cm³/mol. The number of nitrogens with one attached hydrogen (secondary N) is 1. The number of rotatable bonds is 3. The van der Waals surface area contributed by atoms with Gasteiger partial charge < -0.3 is 5.32 Å². The van der Waals surface area contributed by atoms with E-state index in [0.29, 0.717) is 0 Å². The molecule has 0 aliphatic rings. The molecule has 1 aromatic heterocycles. The van der Waals surface area contributed by atoms with Crippen molar-refractivity contribution in [3.05, 3.63) is 52.9 Å². The van der Waals surface area contributed by atoms with Gasteiger partial charge in [0.05, 0.1) is 11.4 Å². The van der Waals surface area contributed by atoms with Gasteiger partial charge in [-0.3, -0.25) is 9.48 Å². The third kappa shape index (κ3) is 3.34. The zero-order valence-electron chi connectivity index (χ0n) is 11.9. The average molecular weight is 291 g/mol. The normalized spacial score (nSPS) is 11.1. The summed E-state index contributed by atoms with van der Waals surface area (Å²) >= 11 is 0. The van der Waals surface area contributed by atoms with Crippen molar-refractivity contribution in [1.82, 2.24) is 9.78 Å². The van der Waals surface area contributed by atoms with Crippen LogP contribution in [0.1, 0.15) is 17.0 Å². The number of nitrogens with zero attached hydrogens (tertiary/aromatic N) is 2. The molecular weight excluding hydrogens is 276 g/mol. The molecule has 1 heterocycles. The van der Waals surface area contributed by atoms with E-state index in [2.05, 4.69) is 10.4 Å². The molecule has 1 amide bonds. The van der Waals surface area contributed by atoms with Crippen LogP contribution in [0, 0.1) is 25.5 Å². The first kappa shape index (κ1) is 14.9. The molecular formula is C15H15F2N3O. The number of hydrogen-bond donors (Lipinski definition) is 1. The van der Waals surface area contributed by atoms with E-state index in [1.165, 1.54) is 12.1 Å². The highest BCUT2D eigenvalue weighted by Gasteiger charge is 2.08. The van der Waals surface area contributed by atoms with E-state index >= 15 is 0 Å². The van der Waals surface area contributed by atoms with Crippen molar-refractivity contribution in [1.29, 1.82) is 0 Å². The first-order chi connectivity index (χ1) is 9.88. The number of benzene rings is 1. The van der Waals surface area contributed by atoms with Gasteiger partial charge in [0.15, 0.2) is 0 Å². The van der Waals surface area contributed by atoms with Gasteiger partial charge in [0.1, 0.15) is 11.6 Å². The maximum atomic E-state index is 13.4. The van der Waals surface area contributed by atoms with E-state index in [1.807, 2.05) is 20.9 Å². The molecule has 2 aromatic rings. The molecule has 0 unspecified atom stereocenters. The molecule has 21 heavy (non-hydrogen) atoms. The molecule has 0 atom stereocenters. The SMILES string of the molecule is Cc1nn(C)c(C)c1C=CC(=O)Nc1ccc(F)cc1F. The van der Waals surface area contributed by atoms with Crippen molar-refractivity contribution in [3.63, 3.8) is 0 Å². The predicted octanol–water partition coefficient (Wildman–Crippen LogP) is 2.97. The fourth-order valence-electron chi connectivity index (χ4n) is 1.96. The van der Waals surface area contributed by atoms with Crippen LogP contribution in [0.4, 0.5) is 14.5 Å². The van der Waals surface area contributed by atoms with Gasteiger partial charge in [0, 0.05) is 30.4 Å². The Balaban J connectivity index is 2.13. The Morgan fingerprint density at radius 2 is 2.05 bits per heavy atom. The van der Waals surface area contributed by atoms with Crippen molar-refractivity contribution in [2.24, 2.45) is 7.05 Å². The summed E-state index contributed by atoms with van der Waals surface area (Å²) in [7, 11) is 1.81. The molecule has 0 fully saturated rings. The molecule has 0 aliphatic heterocycles. The molecule has 4 nitrogen and oxygen atoms in total. The van der Waals surface area contributed by atoms with Crippen LogP contribution in [0.3, 0.4) is 0 Å². The summed E-state index contributed by atoms with van der Waals surface area (Å²) in [4.78, 5) is 11.8. The summed E-state index contributed by atoms with van der Waals surface area (Å²) in [5.41, 5.74) is 2.49. The van der Waals surface area contributed by atoms with E-state index < -0.39 is 17.5 Å². The number of carbonyl (C=O) groups is 1. The summed E-state index contributed by atoms with van der Waals surface area (Å²) in [6.45, 7) is 3.72. The quantitative estimate of drug-likeness (QED) is 0.884. The van der Waals surface area contributed by atoms with Crippen LogP contribution in [0.5, 0.6) is 0 Å². The van der Waals surface area contributed by atoms with Gasteiger partial charge in [-0.1, -0.05) is 0 Å². The monoisotopic (exact) mass is 291 g/mol. The molecule has 110 valence electrons. The number of amides is 1. The molecule has 1 N–H and O–H groups in total. The molecule has 2 rings (SSSR count). The average Bonchev–Trinajstić information content (AvgIpc) is 2.65. The van der Waals surface area contributed by atoms with E-state index in [1.54, 1.807) is 10.8 Å². The second-order valence-electron chi connectivity index (χ2n) is 4.65. The molecule has 6 heteroatoms. The third-order valence-electron chi connectivity index (χ3n) is 3.16. The van der Waals surface area contributed by atoms with Gasteiger partial charge in [-0.15, -0.1) is 0 Å². The lowest BCUT2D eigenvalue weighted by Crippen LogP contribution is -2.09. The minimum atomic E-state index is -0.814. The van der Waals surface area contributed by atoms with Crippen molar-refractivity contribution in [2.75, 3.05) is 5.32 Å². The molecule has 1 aromatic carbocycles. The van der Waals surface area contributed by atoms with Gasteiger partial charge in [-0.25, -0.2) is 8.78 Å². The number of halogens is 2. The van der Waals surface area contributed by atoms with Gasteiger partial charge in [0.2, 0.25) is 5.91 Å². The lowest BCUT2D eigenvalue weighted by molar-refractivity contribution is -0.111. The maximum absolute atomic E-state index is 13.4. The van der Waals surface area contributed by atoms with Crippen LogP contribution in [0.2, 0.25) is 0 Å². The van der Waals surface area contributed by atoms with Crippen LogP contribution in [0.25, 0.3) is 6.08 Å². The van der Waals surface area contributed by atoms with E-state index in [9.17, 15) is 13.6 Å². The first-order valence-corrected chi connectivity index (χ1v) is 6.33. The summed E-state index contributed by atoms with van der Waals surface area (Å²) in [6, 6.07) is 2.98.